The molecule has 0 spiro atoms. The van der Waals surface area contributed by atoms with Crippen LogP contribution in [-0.4, -0.2) is 61.4 Å². The van der Waals surface area contributed by atoms with E-state index in [1.807, 2.05) is 6.92 Å². The van der Waals surface area contributed by atoms with Gasteiger partial charge in [-0.1, -0.05) is 19.1 Å². The van der Waals surface area contributed by atoms with Crippen LogP contribution in [0.15, 0.2) is 46.2 Å². The lowest BCUT2D eigenvalue weighted by Crippen LogP contribution is -2.40. The van der Waals surface area contributed by atoms with Gasteiger partial charge in [0.05, 0.1) is 37.1 Å². The molecule has 0 saturated carbocycles. The minimum atomic E-state index is -4.48. The van der Waals surface area contributed by atoms with E-state index < -0.39 is 35.7 Å². The van der Waals surface area contributed by atoms with Crippen molar-refractivity contribution in [3.63, 3.8) is 0 Å². The summed E-state index contributed by atoms with van der Waals surface area (Å²) in [4.78, 5) is 43.6. The largest absolute Gasteiger partial charge is 0.442 e. The standard InChI is InChI=1S/C27H31F3N6O6/c1-4-9-35-25(38)22-24(34(5-2)26(35)39)32-23(36(22)17-42-21(37)16-41-11-10-40-3)19-13-31-33(15-19)14-18-7-6-8-20(12-18)27(28,29)30/h6-8,12-13,15H,4-5,9-11,14,16-17H2,1-3H3. The van der Waals surface area contributed by atoms with Crippen molar-refractivity contribution in [3.8, 4) is 11.4 Å². The molecule has 4 rings (SSSR count). The quantitative estimate of drug-likeness (QED) is 0.172. The van der Waals surface area contributed by atoms with Gasteiger partial charge in [0.1, 0.15) is 12.4 Å². The van der Waals surface area contributed by atoms with Crippen LogP contribution in [0.4, 0.5) is 13.2 Å². The Kier molecular flexibility index (Phi) is 9.63. The Morgan fingerprint density at radius 3 is 2.55 bits per heavy atom. The zero-order valence-corrected chi connectivity index (χ0v) is 23.4. The Hall–Kier alpha value is -4.24. The van der Waals surface area contributed by atoms with E-state index in [0.717, 1.165) is 16.7 Å². The number of aromatic nitrogens is 6. The first-order chi connectivity index (χ1) is 20.1. The lowest BCUT2D eigenvalue weighted by molar-refractivity contribution is -0.153. The molecule has 0 bridgehead atoms. The second-order valence-electron chi connectivity index (χ2n) is 9.33. The molecule has 0 aliphatic heterocycles. The van der Waals surface area contributed by atoms with Gasteiger partial charge in [0, 0.05) is 26.4 Å². The van der Waals surface area contributed by atoms with Gasteiger partial charge in [0.25, 0.3) is 5.56 Å². The molecule has 3 aromatic heterocycles. The van der Waals surface area contributed by atoms with E-state index in [0.29, 0.717) is 24.2 Å². The van der Waals surface area contributed by atoms with Crippen molar-refractivity contribution in [2.75, 3.05) is 26.9 Å². The molecule has 0 unspecified atom stereocenters. The van der Waals surface area contributed by atoms with E-state index >= 15 is 0 Å². The molecule has 0 N–H and O–H groups in total. The van der Waals surface area contributed by atoms with Crippen LogP contribution in [0.1, 0.15) is 31.4 Å². The fourth-order valence-electron chi connectivity index (χ4n) is 4.42. The Morgan fingerprint density at radius 2 is 1.86 bits per heavy atom. The number of rotatable bonds is 13. The summed E-state index contributed by atoms with van der Waals surface area (Å²) in [6.07, 6.45) is -0.976. The number of imidazole rings is 1. The lowest BCUT2D eigenvalue weighted by atomic mass is 10.1. The van der Waals surface area contributed by atoms with Crippen LogP contribution in [0.2, 0.25) is 0 Å². The summed E-state index contributed by atoms with van der Waals surface area (Å²) >= 11 is 0. The zero-order chi connectivity index (χ0) is 30.4. The van der Waals surface area contributed by atoms with E-state index in [1.54, 1.807) is 19.2 Å². The van der Waals surface area contributed by atoms with Crippen LogP contribution in [0.5, 0.6) is 0 Å². The number of carbonyl (C=O) groups is 1. The van der Waals surface area contributed by atoms with Crippen molar-refractivity contribution in [2.45, 2.75) is 52.8 Å². The maximum atomic E-state index is 13.5. The van der Waals surface area contributed by atoms with Crippen molar-refractivity contribution in [1.29, 1.82) is 0 Å². The number of benzene rings is 1. The Labute approximate surface area is 237 Å². The number of hydrogen-bond acceptors (Lipinski definition) is 8. The minimum Gasteiger partial charge on any atom is -0.442 e. The highest BCUT2D eigenvalue weighted by Gasteiger charge is 2.30. The number of aryl methyl sites for hydroxylation is 1. The van der Waals surface area contributed by atoms with E-state index in [9.17, 15) is 27.6 Å². The average Bonchev–Trinajstić information content (AvgIpc) is 3.57. The first-order valence-electron chi connectivity index (χ1n) is 13.2. The third-order valence-electron chi connectivity index (χ3n) is 6.37. The molecule has 0 fully saturated rings. The smallest absolute Gasteiger partial charge is 0.416 e. The van der Waals surface area contributed by atoms with Gasteiger partial charge in [-0.3, -0.25) is 23.2 Å². The van der Waals surface area contributed by atoms with Gasteiger partial charge in [-0.15, -0.1) is 0 Å². The summed E-state index contributed by atoms with van der Waals surface area (Å²) in [6.45, 7) is 3.71. The molecule has 42 heavy (non-hydrogen) atoms. The molecule has 0 aliphatic carbocycles. The molecule has 3 heterocycles. The van der Waals surface area contributed by atoms with Gasteiger partial charge in [0.15, 0.2) is 17.9 Å². The molecule has 0 atom stereocenters. The summed E-state index contributed by atoms with van der Waals surface area (Å²) in [5, 5.41) is 4.26. The summed E-state index contributed by atoms with van der Waals surface area (Å²) in [6, 6.07) is 4.90. The molecule has 0 radical (unpaired) electrons. The van der Waals surface area contributed by atoms with Crippen molar-refractivity contribution in [1.82, 2.24) is 28.5 Å². The number of carbonyl (C=O) groups excluding carboxylic acids is 1. The molecule has 226 valence electrons. The van der Waals surface area contributed by atoms with Crippen molar-refractivity contribution >= 4 is 17.1 Å². The molecule has 12 nitrogen and oxygen atoms in total. The fourth-order valence-corrected chi connectivity index (χ4v) is 4.42. The Bertz CT molecular complexity index is 1670. The highest BCUT2D eigenvalue weighted by Crippen LogP contribution is 2.30. The third-order valence-corrected chi connectivity index (χ3v) is 6.37. The first kappa shape index (κ1) is 30.7. The average molecular weight is 593 g/mol. The predicted molar refractivity (Wildman–Crippen MR) is 145 cm³/mol. The molecular formula is C27H31F3N6O6. The third kappa shape index (κ3) is 6.62. The second kappa shape index (κ2) is 13.2. The Balaban J connectivity index is 1.75. The SMILES string of the molecule is CCCn1c(=O)c2c(nc(-c3cnn(Cc4cccc(C(F)(F)F)c4)c3)n2COC(=O)COCCOC)n(CC)c1=O. The minimum absolute atomic E-state index is 0.0287. The van der Waals surface area contributed by atoms with Crippen LogP contribution >= 0.6 is 0 Å². The van der Waals surface area contributed by atoms with Crippen LogP contribution in [0, 0.1) is 0 Å². The lowest BCUT2D eigenvalue weighted by Gasteiger charge is -2.12. The van der Waals surface area contributed by atoms with Gasteiger partial charge in [-0.2, -0.15) is 18.3 Å². The zero-order valence-electron chi connectivity index (χ0n) is 23.4. The van der Waals surface area contributed by atoms with Gasteiger partial charge in [0.2, 0.25) is 0 Å². The maximum absolute atomic E-state index is 13.5. The summed E-state index contributed by atoms with van der Waals surface area (Å²) in [5.74, 6) is -0.516. The Morgan fingerprint density at radius 1 is 1.07 bits per heavy atom. The first-order valence-corrected chi connectivity index (χ1v) is 13.2. The summed E-state index contributed by atoms with van der Waals surface area (Å²) < 4.78 is 60.3. The number of ether oxygens (including phenoxy) is 3. The highest BCUT2D eigenvalue weighted by molar-refractivity contribution is 5.77. The van der Waals surface area contributed by atoms with E-state index in [-0.39, 0.29) is 49.8 Å². The van der Waals surface area contributed by atoms with Gasteiger partial charge < -0.3 is 14.2 Å². The topological polar surface area (TPSA) is 124 Å². The number of esters is 1. The number of fused-ring (bicyclic) bond motifs is 1. The van der Waals surface area contributed by atoms with E-state index in [4.69, 9.17) is 14.2 Å². The molecular weight excluding hydrogens is 561 g/mol. The second-order valence-corrected chi connectivity index (χ2v) is 9.33. The molecule has 1 aromatic carbocycles. The fraction of sp³-hybridized carbons (Fsp3) is 0.444. The van der Waals surface area contributed by atoms with Crippen LogP contribution < -0.4 is 11.2 Å². The number of hydrogen-bond donors (Lipinski definition) is 0. The molecule has 0 amide bonds. The number of nitrogens with zero attached hydrogens (tertiary/aromatic N) is 6. The number of methoxy groups -OCH3 is 1. The normalized spacial score (nSPS) is 11.9. The summed E-state index contributed by atoms with van der Waals surface area (Å²) in [5.41, 5.74) is -0.963. The van der Waals surface area contributed by atoms with Gasteiger partial charge in [-0.05, 0) is 31.0 Å². The molecule has 4 aromatic rings. The van der Waals surface area contributed by atoms with E-state index in [1.165, 1.54) is 33.2 Å². The number of halogens is 3. The van der Waals surface area contributed by atoms with Crippen molar-refractivity contribution < 1.29 is 32.2 Å². The van der Waals surface area contributed by atoms with Gasteiger partial charge in [-0.25, -0.2) is 14.6 Å². The maximum Gasteiger partial charge on any atom is 0.416 e. The molecule has 0 aliphatic rings. The van der Waals surface area contributed by atoms with Crippen LogP contribution in [-0.2, 0) is 51.5 Å². The molecule has 15 heteroatoms. The number of alkyl halides is 3. The van der Waals surface area contributed by atoms with Crippen LogP contribution in [0.25, 0.3) is 22.6 Å². The van der Waals surface area contributed by atoms with Crippen molar-refractivity contribution in [3.05, 3.63) is 68.6 Å². The van der Waals surface area contributed by atoms with Gasteiger partial charge >= 0.3 is 17.8 Å². The van der Waals surface area contributed by atoms with Crippen molar-refractivity contribution in [2.24, 2.45) is 0 Å². The highest BCUT2D eigenvalue weighted by atomic mass is 19.4. The van der Waals surface area contributed by atoms with Crippen LogP contribution in [0.3, 0.4) is 0 Å². The monoisotopic (exact) mass is 592 g/mol. The van der Waals surface area contributed by atoms with E-state index in [2.05, 4.69) is 10.1 Å². The molecule has 0 saturated heterocycles. The summed E-state index contributed by atoms with van der Waals surface area (Å²) in [7, 11) is 1.50. The predicted octanol–water partition coefficient (Wildman–Crippen LogP) is 2.88.